The molecule has 0 heterocycles. The Labute approximate surface area is 256 Å². The van der Waals surface area contributed by atoms with Gasteiger partial charge in [-0.25, -0.2) is 0 Å². The summed E-state index contributed by atoms with van der Waals surface area (Å²) in [6.07, 6.45) is 0. The highest BCUT2D eigenvalue weighted by Crippen LogP contribution is 2.60. The summed E-state index contributed by atoms with van der Waals surface area (Å²) in [5.41, 5.74) is 11.2. The van der Waals surface area contributed by atoms with Gasteiger partial charge in [0.15, 0.2) is 0 Å². The number of benzene rings is 8. The minimum Gasteiger partial charge on any atom is -0.0689 e. The zero-order valence-corrected chi connectivity index (χ0v) is 25.2. The zero-order valence-electron chi connectivity index (χ0n) is 25.2. The summed E-state index contributed by atoms with van der Waals surface area (Å²) in [4.78, 5) is 0. The summed E-state index contributed by atoms with van der Waals surface area (Å²) < 4.78 is 0. The summed E-state index contributed by atoms with van der Waals surface area (Å²) in [5.74, 6) is 0. The van der Waals surface area contributed by atoms with Gasteiger partial charge in [-0.2, -0.15) is 0 Å². The van der Waals surface area contributed by atoms with Crippen molar-refractivity contribution in [2.24, 2.45) is 0 Å². The second kappa shape index (κ2) is 7.15. The van der Waals surface area contributed by atoms with Crippen molar-refractivity contribution in [2.75, 3.05) is 0 Å². The lowest BCUT2D eigenvalue weighted by molar-refractivity contribution is 0.640. The molecule has 0 radical (unpaired) electrons. The van der Waals surface area contributed by atoms with Gasteiger partial charge in [-0.3, -0.25) is 0 Å². The maximum Gasteiger partial charge on any atom is 0.0334 e. The highest BCUT2D eigenvalue weighted by Gasteiger charge is 2.43. The first-order chi connectivity index (χ1) is 21.3. The molecule has 44 heavy (non-hydrogen) atoms. The number of hydrogen-bond acceptors (Lipinski definition) is 0. The first-order valence-corrected chi connectivity index (χ1v) is 15.8. The molecule has 204 valence electrons. The molecule has 9 aromatic rings. The van der Waals surface area contributed by atoms with E-state index in [1.54, 1.807) is 0 Å². The van der Waals surface area contributed by atoms with E-state index in [-0.39, 0.29) is 10.8 Å². The first kappa shape index (κ1) is 23.3. The Bertz CT molecular complexity index is 2530. The van der Waals surface area contributed by atoms with Crippen molar-refractivity contribution in [1.82, 2.24) is 0 Å². The SMILES string of the molecule is CC1(C)c2cc3c(cc2-c2c1cc1ccc4cc#cc5ccc2c1c54)-c1c(cc2ccc4cccc5ccc1c2c45)C3(C)C. The van der Waals surface area contributed by atoms with E-state index in [1.165, 1.54) is 104 Å². The van der Waals surface area contributed by atoms with Crippen LogP contribution < -0.4 is 0 Å². The van der Waals surface area contributed by atoms with Crippen LogP contribution in [0.25, 0.3) is 86.9 Å². The van der Waals surface area contributed by atoms with Crippen LogP contribution in [0.5, 0.6) is 0 Å². The highest BCUT2D eigenvalue weighted by atomic mass is 14.5. The Balaban J connectivity index is 1.29. The Kier molecular flexibility index (Phi) is 3.80. The Hall–Kier alpha value is -5.12. The van der Waals surface area contributed by atoms with Gasteiger partial charge < -0.3 is 0 Å². The quantitative estimate of drug-likeness (QED) is 0.163. The van der Waals surface area contributed by atoms with Gasteiger partial charge in [0.1, 0.15) is 0 Å². The van der Waals surface area contributed by atoms with Crippen molar-refractivity contribution in [3.8, 4) is 22.3 Å². The molecule has 0 aromatic heterocycles. The van der Waals surface area contributed by atoms with Gasteiger partial charge >= 0.3 is 0 Å². The molecule has 0 unspecified atom stereocenters. The summed E-state index contributed by atoms with van der Waals surface area (Å²) in [5, 5.41) is 15.9. The summed E-state index contributed by atoms with van der Waals surface area (Å²) in [7, 11) is 0. The molecule has 11 rings (SSSR count). The van der Waals surface area contributed by atoms with E-state index in [0.717, 1.165) is 5.39 Å². The third kappa shape index (κ3) is 2.46. The van der Waals surface area contributed by atoms with Gasteiger partial charge in [0.05, 0.1) is 0 Å². The normalized spacial score (nSPS) is 15.9. The molecule has 0 amide bonds. The monoisotopic (exact) mass is 556 g/mol. The molecule has 2 aliphatic carbocycles. The number of rotatable bonds is 0. The van der Waals surface area contributed by atoms with E-state index in [9.17, 15) is 0 Å². The van der Waals surface area contributed by atoms with Crippen LogP contribution in [0.2, 0.25) is 0 Å². The Morgan fingerprint density at radius 1 is 0.455 bits per heavy atom. The summed E-state index contributed by atoms with van der Waals surface area (Å²) >= 11 is 0. The number of hydrogen-bond donors (Lipinski definition) is 0. The van der Waals surface area contributed by atoms with Crippen LogP contribution in [0.4, 0.5) is 0 Å². The van der Waals surface area contributed by atoms with Gasteiger partial charge in [-0.1, -0.05) is 107 Å². The lowest BCUT2D eigenvalue weighted by atomic mass is 9.77. The van der Waals surface area contributed by atoms with Crippen molar-refractivity contribution in [3.63, 3.8) is 0 Å². The van der Waals surface area contributed by atoms with Crippen molar-refractivity contribution < 1.29 is 0 Å². The molecule has 9 aromatic carbocycles. The molecule has 0 aliphatic heterocycles. The van der Waals surface area contributed by atoms with Gasteiger partial charge in [0.2, 0.25) is 0 Å². The van der Waals surface area contributed by atoms with Gasteiger partial charge in [0.25, 0.3) is 0 Å². The predicted molar refractivity (Wildman–Crippen MR) is 187 cm³/mol. The molecule has 0 heteroatoms. The van der Waals surface area contributed by atoms with E-state index in [4.69, 9.17) is 0 Å². The van der Waals surface area contributed by atoms with Crippen LogP contribution in [0.15, 0.2) is 97.1 Å². The third-order valence-electron chi connectivity index (χ3n) is 11.5. The zero-order chi connectivity index (χ0) is 29.3. The van der Waals surface area contributed by atoms with Crippen LogP contribution >= 0.6 is 0 Å². The molecular weight excluding hydrogens is 528 g/mol. The molecule has 0 N–H and O–H groups in total. The van der Waals surface area contributed by atoms with E-state index >= 15 is 0 Å². The smallest absolute Gasteiger partial charge is 0.0334 e. The van der Waals surface area contributed by atoms with Crippen molar-refractivity contribution in [2.45, 2.75) is 38.5 Å². The molecule has 0 spiro atoms. The van der Waals surface area contributed by atoms with Crippen LogP contribution in [-0.4, -0.2) is 0 Å². The minimum atomic E-state index is -0.0983. The first-order valence-electron chi connectivity index (χ1n) is 15.8. The summed E-state index contributed by atoms with van der Waals surface area (Å²) in [6.45, 7) is 9.71. The fraction of sp³-hybridized carbons (Fsp3) is 0.136. The molecule has 0 saturated heterocycles. The van der Waals surface area contributed by atoms with E-state index in [2.05, 4.69) is 137 Å². The van der Waals surface area contributed by atoms with Crippen LogP contribution in [0.1, 0.15) is 49.9 Å². The summed E-state index contributed by atoms with van der Waals surface area (Å²) in [6, 6.07) is 44.0. The standard InChI is InChI=1S/C44H28/c1-43(2)33-22-34-32(21-31(33)41-29-17-15-25-9-5-7-23-11-13-27(19-35(41)43)39(29)37(23)25)42-30-18-16-26-10-6-8-24-12-14-28(40(30)38(24)26)20-36(42)44(34,3)4/h5,7-9,11-22H,1-4H3. The van der Waals surface area contributed by atoms with Crippen molar-refractivity contribution >= 4 is 64.6 Å². The Morgan fingerprint density at radius 3 is 1.66 bits per heavy atom. The molecule has 0 atom stereocenters. The maximum absolute atomic E-state index is 3.38. The fourth-order valence-corrected chi connectivity index (χ4v) is 9.38. The van der Waals surface area contributed by atoms with Gasteiger partial charge in [-0.15, -0.1) is 0 Å². The topological polar surface area (TPSA) is 0 Å². The fourth-order valence-electron chi connectivity index (χ4n) is 9.38. The van der Waals surface area contributed by atoms with Gasteiger partial charge in [-0.05, 0) is 129 Å². The third-order valence-corrected chi connectivity index (χ3v) is 11.5. The molecule has 0 bridgehead atoms. The minimum absolute atomic E-state index is 0.0919. The molecule has 0 fully saturated rings. The van der Waals surface area contributed by atoms with Crippen LogP contribution in [-0.2, 0) is 10.8 Å². The van der Waals surface area contributed by atoms with Crippen LogP contribution in [0, 0.1) is 12.1 Å². The largest absolute Gasteiger partial charge is 0.0689 e. The molecule has 0 saturated carbocycles. The second-order valence-corrected chi connectivity index (χ2v) is 14.3. The highest BCUT2D eigenvalue weighted by molar-refractivity contribution is 6.28. The van der Waals surface area contributed by atoms with Gasteiger partial charge in [0, 0.05) is 21.6 Å². The van der Waals surface area contributed by atoms with Crippen molar-refractivity contribution in [3.05, 3.63) is 131 Å². The van der Waals surface area contributed by atoms with E-state index in [0.29, 0.717) is 0 Å². The number of fused-ring (bicyclic) bond motifs is 8. The molecule has 0 nitrogen and oxygen atoms in total. The second-order valence-electron chi connectivity index (χ2n) is 14.3. The Morgan fingerprint density at radius 2 is 1.00 bits per heavy atom. The average molecular weight is 557 g/mol. The van der Waals surface area contributed by atoms with Crippen LogP contribution in [0.3, 0.4) is 0 Å². The average Bonchev–Trinajstić information content (AvgIpc) is 3.40. The van der Waals surface area contributed by atoms with Crippen molar-refractivity contribution in [1.29, 1.82) is 0 Å². The van der Waals surface area contributed by atoms with E-state index < -0.39 is 0 Å². The lowest BCUT2D eigenvalue weighted by Crippen LogP contribution is -2.18. The molecular formula is C44H28. The lowest BCUT2D eigenvalue weighted by Gasteiger charge is -2.26. The maximum atomic E-state index is 3.38. The molecule has 2 aliphatic rings. The van der Waals surface area contributed by atoms with E-state index in [1.807, 2.05) is 0 Å². The predicted octanol–water partition coefficient (Wildman–Crippen LogP) is 11.7.